The molecule has 0 fully saturated rings. The Morgan fingerprint density at radius 1 is 0.958 bits per heavy atom. The van der Waals surface area contributed by atoms with Crippen LogP contribution in [0.1, 0.15) is 48.3 Å². The van der Waals surface area contributed by atoms with Gasteiger partial charge in [0.05, 0.1) is 0 Å². The van der Waals surface area contributed by atoms with Crippen molar-refractivity contribution in [3.05, 3.63) is 83.4 Å². The Labute approximate surface area is 145 Å². The number of rotatable bonds is 3. The van der Waals surface area contributed by atoms with E-state index >= 15 is 0 Å². The molecule has 1 nitrogen and oxygen atoms in total. The number of likely N-dealkylation sites (N-methyl/N-ethyl adjacent to an activating group) is 1. The van der Waals surface area contributed by atoms with Gasteiger partial charge in [-0.05, 0) is 54.5 Å². The number of fused-ring (bicyclic) bond motifs is 1. The highest BCUT2D eigenvalue weighted by atomic mass is 15.1. The summed E-state index contributed by atoms with van der Waals surface area (Å²) in [6.07, 6.45) is 14.1. The number of anilines is 1. The van der Waals surface area contributed by atoms with Gasteiger partial charge in [0.1, 0.15) is 0 Å². The zero-order chi connectivity index (χ0) is 16.4. The van der Waals surface area contributed by atoms with Crippen molar-refractivity contribution in [1.29, 1.82) is 0 Å². The first-order valence-corrected chi connectivity index (χ1v) is 9.08. The van der Waals surface area contributed by atoms with Crippen molar-refractivity contribution < 1.29 is 0 Å². The molecule has 0 bridgehead atoms. The van der Waals surface area contributed by atoms with Crippen molar-refractivity contribution in [2.24, 2.45) is 0 Å². The monoisotopic (exact) mass is 315 g/mol. The smallest absolute Gasteiger partial charge is 0.0469 e. The molecule has 0 spiro atoms. The lowest BCUT2D eigenvalue weighted by Gasteiger charge is -2.30. The van der Waals surface area contributed by atoms with Crippen LogP contribution in [0.4, 0.5) is 5.69 Å². The van der Waals surface area contributed by atoms with Gasteiger partial charge in [-0.2, -0.15) is 0 Å². The topological polar surface area (TPSA) is 3.24 Å². The molecule has 0 saturated heterocycles. The summed E-state index contributed by atoms with van der Waals surface area (Å²) < 4.78 is 0. The van der Waals surface area contributed by atoms with Crippen LogP contribution in [0.15, 0.2) is 66.8 Å². The SMILES string of the molecule is CN(c1ccc(C2CC=Cc3ccccc32)cc1)C1C=CCCC1. The summed E-state index contributed by atoms with van der Waals surface area (Å²) in [7, 11) is 2.22. The first-order chi connectivity index (χ1) is 11.8. The first kappa shape index (κ1) is 15.3. The summed E-state index contributed by atoms with van der Waals surface area (Å²) in [5.41, 5.74) is 5.55. The van der Waals surface area contributed by atoms with E-state index in [1.165, 1.54) is 41.6 Å². The highest BCUT2D eigenvalue weighted by Gasteiger charge is 2.19. The van der Waals surface area contributed by atoms with Crippen molar-refractivity contribution in [1.82, 2.24) is 0 Å². The lowest BCUT2D eigenvalue weighted by atomic mass is 9.82. The molecule has 2 aromatic rings. The van der Waals surface area contributed by atoms with Gasteiger partial charge in [0.2, 0.25) is 0 Å². The molecule has 2 aliphatic carbocycles. The van der Waals surface area contributed by atoms with Crippen molar-refractivity contribution in [2.75, 3.05) is 11.9 Å². The maximum atomic E-state index is 2.41. The third-order valence-corrected chi connectivity index (χ3v) is 5.47. The highest BCUT2D eigenvalue weighted by molar-refractivity contribution is 5.60. The number of hydrogen-bond donors (Lipinski definition) is 0. The Balaban J connectivity index is 1.57. The van der Waals surface area contributed by atoms with E-state index in [0.29, 0.717) is 12.0 Å². The van der Waals surface area contributed by atoms with E-state index in [9.17, 15) is 0 Å². The summed E-state index contributed by atoms with van der Waals surface area (Å²) in [6.45, 7) is 0. The van der Waals surface area contributed by atoms with E-state index in [4.69, 9.17) is 0 Å². The van der Waals surface area contributed by atoms with Crippen molar-refractivity contribution in [2.45, 2.75) is 37.6 Å². The number of nitrogens with zero attached hydrogens (tertiary/aromatic N) is 1. The van der Waals surface area contributed by atoms with Gasteiger partial charge in [0.25, 0.3) is 0 Å². The molecule has 2 atom stereocenters. The van der Waals surface area contributed by atoms with Crippen molar-refractivity contribution >= 4 is 11.8 Å². The summed E-state index contributed by atoms with van der Waals surface area (Å²) in [5.74, 6) is 0.486. The van der Waals surface area contributed by atoms with E-state index in [2.05, 4.69) is 84.8 Å². The zero-order valence-corrected chi connectivity index (χ0v) is 14.4. The normalized spacial score (nSPS) is 22.2. The van der Waals surface area contributed by atoms with E-state index in [1.54, 1.807) is 0 Å². The fourth-order valence-corrected chi connectivity index (χ4v) is 4.00. The Bertz CT molecular complexity index is 754. The summed E-state index contributed by atoms with van der Waals surface area (Å²) in [6, 6.07) is 18.5. The second-order valence-electron chi connectivity index (χ2n) is 6.95. The molecule has 0 aromatic heterocycles. The summed E-state index contributed by atoms with van der Waals surface area (Å²) in [5, 5.41) is 0. The van der Waals surface area contributed by atoms with Crippen LogP contribution in [0.2, 0.25) is 0 Å². The van der Waals surface area contributed by atoms with Gasteiger partial charge in [-0.15, -0.1) is 0 Å². The zero-order valence-electron chi connectivity index (χ0n) is 14.4. The Kier molecular flexibility index (Phi) is 4.25. The molecule has 2 unspecified atom stereocenters. The average molecular weight is 315 g/mol. The third kappa shape index (κ3) is 2.91. The molecule has 0 amide bonds. The highest BCUT2D eigenvalue weighted by Crippen LogP contribution is 2.35. The van der Waals surface area contributed by atoms with Gasteiger partial charge >= 0.3 is 0 Å². The van der Waals surface area contributed by atoms with Crippen LogP contribution in [0.25, 0.3) is 6.08 Å². The number of benzene rings is 2. The van der Waals surface area contributed by atoms with Crippen molar-refractivity contribution in [3.63, 3.8) is 0 Å². The Morgan fingerprint density at radius 2 is 1.79 bits per heavy atom. The fourth-order valence-electron chi connectivity index (χ4n) is 4.00. The van der Waals surface area contributed by atoms with Crippen LogP contribution in [0, 0.1) is 0 Å². The number of hydrogen-bond acceptors (Lipinski definition) is 1. The molecule has 1 heteroatoms. The largest absolute Gasteiger partial charge is 0.368 e. The molecule has 0 heterocycles. The molecule has 24 heavy (non-hydrogen) atoms. The molecule has 4 rings (SSSR count). The lowest BCUT2D eigenvalue weighted by Crippen LogP contribution is -2.30. The molecular weight excluding hydrogens is 290 g/mol. The molecule has 2 aromatic carbocycles. The maximum Gasteiger partial charge on any atom is 0.0469 e. The van der Waals surface area contributed by atoms with Gasteiger partial charge < -0.3 is 4.90 Å². The molecule has 0 N–H and O–H groups in total. The second-order valence-corrected chi connectivity index (χ2v) is 6.95. The molecule has 2 aliphatic rings. The molecule has 0 saturated carbocycles. The van der Waals surface area contributed by atoms with E-state index in [-0.39, 0.29) is 0 Å². The van der Waals surface area contributed by atoms with E-state index in [1.807, 2.05) is 0 Å². The van der Waals surface area contributed by atoms with Crippen LogP contribution < -0.4 is 4.90 Å². The molecule has 0 radical (unpaired) electrons. The van der Waals surface area contributed by atoms with Crippen LogP contribution in [0.5, 0.6) is 0 Å². The lowest BCUT2D eigenvalue weighted by molar-refractivity contribution is 0.616. The number of allylic oxidation sites excluding steroid dienone is 2. The second kappa shape index (κ2) is 6.68. The van der Waals surface area contributed by atoms with Gasteiger partial charge in [-0.1, -0.05) is 60.7 Å². The maximum absolute atomic E-state index is 2.41. The van der Waals surface area contributed by atoms with Crippen LogP contribution in [-0.2, 0) is 0 Å². The molecule has 122 valence electrons. The average Bonchev–Trinajstić information content (AvgIpc) is 2.68. The van der Waals surface area contributed by atoms with Crippen molar-refractivity contribution in [3.8, 4) is 0 Å². The predicted octanol–water partition coefficient (Wildman–Crippen LogP) is 5.78. The van der Waals surface area contributed by atoms with Gasteiger partial charge in [0.15, 0.2) is 0 Å². The Hall–Kier alpha value is -2.28. The van der Waals surface area contributed by atoms with Gasteiger partial charge in [-0.3, -0.25) is 0 Å². The van der Waals surface area contributed by atoms with E-state index < -0.39 is 0 Å². The summed E-state index contributed by atoms with van der Waals surface area (Å²) >= 11 is 0. The standard InChI is InChI=1S/C23H25N/c1-24(20-10-3-2-4-11-20)21-16-14-19(15-17-21)23-13-7-9-18-8-5-6-12-22(18)23/h3,5-10,12,14-17,20,23H,2,4,11,13H2,1H3. The minimum atomic E-state index is 0.486. The Morgan fingerprint density at radius 3 is 2.58 bits per heavy atom. The molecular formula is C23H25N. The first-order valence-electron chi connectivity index (χ1n) is 9.08. The van der Waals surface area contributed by atoms with Crippen LogP contribution in [-0.4, -0.2) is 13.1 Å². The van der Waals surface area contributed by atoms with Gasteiger partial charge in [-0.25, -0.2) is 0 Å². The van der Waals surface area contributed by atoms with Crippen LogP contribution in [0.3, 0.4) is 0 Å². The quantitative estimate of drug-likeness (QED) is 0.649. The minimum Gasteiger partial charge on any atom is -0.368 e. The van der Waals surface area contributed by atoms with Gasteiger partial charge in [0, 0.05) is 24.7 Å². The predicted molar refractivity (Wildman–Crippen MR) is 104 cm³/mol. The molecule has 0 aliphatic heterocycles. The van der Waals surface area contributed by atoms with E-state index in [0.717, 1.165) is 6.42 Å². The minimum absolute atomic E-state index is 0.486. The summed E-state index contributed by atoms with van der Waals surface area (Å²) in [4.78, 5) is 2.41. The third-order valence-electron chi connectivity index (χ3n) is 5.47. The fraction of sp³-hybridized carbons (Fsp3) is 0.304. The van der Waals surface area contributed by atoms with Crippen LogP contribution >= 0.6 is 0 Å².